The molecular weight excluding hydrogens is 863 g/mol. The molecule has 3 heterocycles. The topological polar surface area (TPSA) is 76.0 Å². The average molecular weight is 919 g/mol. The molecule has 0 aliphatic heterocycles. The molecule has 3 aromatic carbocycles. The van der Waals surface area contributed by atoms with Crippen LogP contribution >= 0.6 is 11.3 Å². The van der Waals surface area contributed by atoms with E-state index in [1.807, 2.05) is 33.9 Å². The van der Waals surface area contributed by atoms with Crippen LogP contribution in [0.3, 0.4) is 0 Å². The number of aliphatic hydroxyl groups is 1. The Kier molecular flexibility index (Phi) is 14.5. The maximum absolute atomic E-state index is 11.7. The number of rotatable bonds is 10. The van der Waals surface area contributed by atoms with E-state index in [1.165, 1.54) is 21.7 Å². The van der Waals surface area contributed by atoms with Crippen LogP contribution in [0.2, 0.25) is 0 Å². The molecule has 7 heteroatoms. The third-order valence-corrected chi connectivity index (χ3v) is 11.2. The summed E-state index contributed by atoms with van der Waals surface area (Å²) in [7, 11) is 0. The van der Waals surface area contributed by atoms with E-state index in [1.54, 1.807) is 17.7 Å². The first-order valence-corrected chi connectivity index (χ1v) is 20.0. The molecule has 0 saturated carbocycles. The van der Waals surface area contributed by atoms with Gasteiger partial charge in [0.05, 0.1) is 11.3 Å². The first-order chi connectivity index (χ1) is 25.2. The predicted octanol–water partition coefficient (Wildman–Crippen LogP) is 13.3. The van der Waals surface area contributed by atoms with Crippen molar-refractivity contribution >= 4 is 48.2 Å². The number of aromatic nitrogens is 3. The zero-order valence-electron chi connectivity index (χ0n) is 33.6. The Bertz CT molecular complexity index is 2220. The molecule has 0 aliphatic rings. The number of thiophene rings is 1. The van der Waals surface area contributed by atoms with Crippen molar-refractivity contribution in [2.75, 3.05) is 0 Å². The Morgan fingerprint density at radius 3 is 2.13 bits per heavy atom. The third-order valence-electron chi connectivity index (χ3n) is 10.0. The minimum atomic E-state index is 0. The number of carbonyl (C=O) groups is 1. The predicted molar refractivity (Wildman–Crippen MR) is 226 cm³/mol. The number of aliphatic hydroxyl groups excluding tert-OH is 1. The van der Waals surface area contributed by atoms with Gasteiger partial charge >= 0.3 is 0 Å². The number of hydrogen-bond acceptors (Lipinski definition) is 6. The smallest absolute Gasteiger partial charge is 0.162 e. The SMILES string of the molecule is CC(C)(C)Cc1ccc2c(c1)sc1c(-c3[c-]c4ccccc4c(-c4ccc(C(C)(C)C)nc4)c3)ncnc12.CCC(CC)C(=O)/C=C(\O)C(CC)CC.[Ir]. The minimum Gasteiger partial charge on any atom is -0.512 e. The molecule has 5 nitrogen and oxygen atoms in total. The van der Waals surface area contributed by atoms with Gasteiger partial charge in [-0.2, -0.15) is 0 Å². The van der Waals surface area contributed by atoms with Crippen LogP contribution in [-0.4, -0.2) is 25.8 Å². The molecule has 0 amide bonds. The van der Waals surface area contributed by atoms with Gasteiger partial charge in [-0.05, 0) is 60.8 Å². The summed E-state index contributed by atoms with van der Waals surface area (Å²) >= 11 is 1.78. The molecule has 3 aromatic heterocycles. The van der Waals surface area contributed by atoms with Crippen LogP contribution in [0.15, 0.2) is 85.0 Å². The summed E-state index contributed by atoms with van der Waals surface area (Å²) in [6.45, 7) is 21.5. The van der Waals surface area contributed by atoms with E-state index < -0.39 is 0 Å². The molecule has 6 rings (SSSR count). The summed E-state index contributed by atoms with van der Waals surface area (Å²) in [4.78, 5) is 26.0. The molecule has 0 aliphatic carbocycles. The van der Waals surface area contributed by atoms with E-state index in [4.69, 9.17) is 15.0 Å². The zero-order valence-corrected chi connectivity index (χ0v) is 36.8. The first-order valence-electron chi connectivity index (χ1n) is 19.2. The maximum Gasteiger partial charge on any atom is 0.162 e. The average Bonchev–Trinajstić information content (AvgIpc) is 3.49. The fourth-order valence-electron chi connectivity index (χ4n) is 6.91. The van der Waals surface area contributed by atoms with Crippen LogP contribution in [0.1, 0.15) is 106 Å². The molecule has 0 unspecified atom stereocenters. The van der Waals surface area contributed by atoms with Crippen molar-refractivity contribution in [2.45, 2.75) is 107 Å². The number of carbonyl (C=O) groups excluding carboxylic acids is 1. The third kappa shape index (κ3) is 10.1. The largest absolute Gasteiger partial charge is 0.512 e. The van der Waals surface area contributed by atoms with E-state index >= 15 is 0 Å². The van der Waals surface area contributed by atoms with Crippen LogP contribution in [-0.2, 0) is 36.7 Å². The number of allylic oxidation sites excluding steroid dienone is 2. The van der Waals surface area contributed by atoms with E-state index in [-0.39, 0.29) is 54.3 Å². The van der Waals surface area contributed by atoms with Gasteiger partial charge in [-0.15, -0.1) is 34.9 Å². The Hall–Kier alpha value is -3.77. The fourth-order valence-corrected chi connectivity index (χ4v) is 8.13. The van der Waals surface area contributed by atoms with Crippen molar-refractivity contribution in [1.29, 1.82) is 0 Å². The van der Waals surface area contributed by atoms with Gasteiger partial charge in [0, 0.05) is 75.8 Å². The molecule has 287 valence electrons. The molecular formula is C47H56IrN3O2S-. The molecule has 54 heavy (non-hydrogen) atoms. The molecule has 0 saturated heterocycles. The summed E-state index contributed by atoms with van der Waals surface area (Å²) in [5.41, 5.74) is 7.85. The van der Waals surface area contributed by atoms with Crippen molar-refractivity contribution in [3.05, 3.63) is 102 Å². The van der Waals surface area contributed by atoms with E-state index in [9.17, 15) is 9.90 Å². The molecule has 1 radical (unpaired) electrons. The minimum absolute atomic E-state index is 0. The Morgan fingerprint density at radius 1 is 0.833 bits per heavy atom. The van der Waals surface area contributed by atoms with Crippen LogP contribution in [0.4, 0.5) is 0 Å². The first kappa shape index (κ1) is 43.0. The van der Waals surface area contributed by atoms with Gasteiger partial charge in [0.1, 0.15) is 6.33 Å². The number of fused-ring (bicyclic) bond motifs is 4. The van der Waals surface area contributed by atoms with Gasteiger partial charge in [-0.25, -0.2) is 4.98 Å². The Labute approximate surface area is 340 Å². The number of hydrogen-bond donors (Lipinski definition) is 1. The van der Waals surface area contributed by atoms with Crippen LogP contribution < -0.4 is 0 Å². The van der Waals surface area contributed by atoms with Crippen molar-refractivity contribution in [3.63, 3.8) is 0 Å². The monoisotopic (exact) mass is 919 g/mol. The summed E-state index contributed by atoms with van der Waals surface area (Å²) < 4.78 is 2.36. The molecule has 0 bridgehead atoms. The standard InChI is InChI=1S/C34H32N3S.C13H24O2.Ir/c1-33(2,3)18-21-11-13-26-28(15-21)38-32-30(36-20-37-31(26)32)24-16-22-9-7-8-10-25(22)27(17-24)23-12-14-29(35-19-23)34(4,5)6;1-5-10(6-2)12(14)9-13(15)11(7-3)8-4;/h7-15,17,19-20H,18H2,1-6H3;9-11,14H,5-8H2,1-4H3;/q-1;;/b;12-9-;. The quantitative estimate of drug-likeness (QED) is 0.0842. The Balaban J connectivity index is 0.000000347. The van der Waals surface area contributed by atoms with E-state index in [2.05, 4.69) is 108 Å². The van der Waals surface area contributed by atoms with Crippen molar-refractivity contribution in [1.82, 2.24) is 15.0 Å². The van der Waals surface area contributed by atoms with Crippen molar-refractivity contribution in [3.8, 4) is 22.4 Å². The van der Waals surface area contributed by atoms with Crippen LogP contribution in [0.25, 0.3) is 53.5 Å². The normalized spacial score (nSPS) is 12.3. The second kappa shape index (κ2) is 18.2. The Morgan fingerprint density at radius 2 is 1.52 bits per heavy atom. The van der Waals surface area contributed by atoms with E-state index in [0.717, 1.165) is 81.2 Å². The van der Waals surface area contributed by atoms with Crippen molar-refractivity contribution in [2.24, 2.45) is 17.3 Å². The number of benzene rings is 3. The molecule has 6 aromatic rings. The van der Waals surface area contributed by atoms with Crippen molar-refractivity contribution < 1.29 is 30.0 Å². The molecule has 1 N–H and O–H groups in total. The van der Waals surface area contributed by atoms with Gasteiger partial charge in [-0.1, -0.05) is 122 Å². The van der Waals surface area contributed by atoms with Gasteiger partial charge in [0.15, 0.2) is 5.78 Å². The maximum atomic E-state index is 11.7. The summed E-state index contributed by atoms with van der Waals surface area (Å²) in [6.07, 6.45) is 9.64. The molecule has 0 spiro atoms. The molecule has 0 atom stereocenters. The van der Waals surface area contributed by atoms with E-state index in [0.29, 0.717) is 0 Å². The van der Waals surface area contributed by atoms with Crippen LogP contribution in [0, 0.1) is 23.3 Å². The number of pyridine rings is 1. The van der Waals surface area contributed by atoms with Gasteiger partial charge in [0.2, 0.25) is 0 Å². The summed E-state index contributed by atoms with van der Waals surface area (Å²) in [5.74, 6) is 0.547. The van der Waals surface area contributed by atoms with Gasteiger partial charge in [0.25, 0.3) is 0 Å². The van der Waals surface area contributed by atoms with Gasteiger partial charge in [-0.3, -0.25) is 14.8 Å². The second-order valence-electron chi connectivity index (χ2n) is 16.4. The summed E-state index contributed by atoms with van der Waals surface area (Å²) in [5, 5.41) is 13.2. The molecule has 0 fully saturated rings. The fraction of sp³-hybridized carbons (Fsp3) is 0.404. The number of ketones is 1. The number of nitrogens with zero attached hydrogens (tertiary/aromatic N) is 3. The van der Waals surface area contributed by atoms with Crippen LogP contribution in [0.5, 0.6) is 0 Å². The van der Waals surface area contributed by atoms with Gasteiger partial charge < -0.3 is 5.11 Å². The second-order valence-corrected chi connectivity index (χ2v) is 17.4. The zero-order chi connectivity index (χ0) is 38.5. The summed E-state index contributed by atoms with van der Waals surface area (Å²) in [6, 6.07) is 25.4.